The SMILES string of the molecule is C[N+](C)(C)CCO.O=P([O-])(O)O.Oc1c[nH]c2cc(Cl)ccc12. The van der Waals surface area contributed by atoms with Gasteiger partial charge in [0.05, 0.1) is 33.3 Å². The van der Waals surface area contributed by atoms with Gasteiger partial charge in [0.25, 0.3) is 7.82 Å². The average molecular weight is 369 g/mol. The summed E-state index contributed by atoms with van der Waals surface area (Å²) in [6, 6.07) is 5.30. The second kappa shape index (κ2) is 9.24. The van der Waals surface area contributed by atoms with E-state index in [2.05, 4.69) is 26.1 Å². The standard InChI is InChI=1S/C8H6ClNO.C5H14NO.H3O4P/c9-5-1-2-6-7(3-5)10-4-8(6)11;1-6(2,3)4-5-7;1-5(2,3)4/h1-4,10-11H;7H,4-5H2,1-3H3;(H3,1,2,3,4)/q;+1;/p-1. The van der Waals surface area contributed by atoms with Crippen LogP contribution in [0.3, 0.4) is 0 Å². The summed E-state index contributed by atoms with van der Waals surface area (Å²) in [4.78, 5) is 25.8. The highest BCUT2D eigenvalue weighted by atomic mass is 35.5. The Morgan fingerprint density at radius 1 is 1.30 bits per heavy atom. The minimum absolute atomic E-state index is 0.261. The van der Waals surface area contributed by atoms with Gasteiger partial charge in [0.2, 0.25) is 0 Å². The molecule has 0 bridgehead atoms. The number of halogens is 1. The predicted octanol–water partition coefficient (Wildman–Crippen LogP) is 0.651. The van der Waals surface area contributed by atoms with Crippen molar-refractivity contribution in [2.75, 3.05) is 34.3 Å². The lowest BCUT2D eigenvalue weighted by Gasteiger charge is -2.21. The molecule has 10 heteroatoms. The number of phosphoric acid groups is 1. The average Bonchev–Trinajstić information content (AvgIpc) is 2.67. The van der Waals surface area contributed by atoms with E-state index in [0.29, 0.717) is 5.02 Å². The third-order valence-electron chi connectivity index (χ3n) is 2.39. The van der Waals surface area contributed by atoms with Gasteiger partial charge in [0.15, 0.2) is 0 Å². The Morgan fingerprint density at radius 3 is 2.22 bits per heavy atom. The van der Waals surface area contributed by atoms with Crippen LogP contribution >= 0.6 is 19.4 Å². The van der Waals surface area contributed by atoms with Crippen molar-refractivity contribution in [1.29, 1.82) is 0 Å². The summed E-state index contributed by atoms with van der Waals surface area (Å²) >= 11 is 5.73. The number of quaternary nitrogens is 1. The predicted molar refractivity (Wildman–Crippen MR) is 87.0 cm³/mol. The van der Waals surface area contributed by atoms with Gasteiger partial charge < -0.3 is 34.4 Å². The van der Waals surface area contributed by atoms with Gasteiger partial charge in [0, 0.05) is 16.6 Å². The van der Waals surface area contributed by atoms with Crippen molar-refractivity contribution in [3.63, 3.8) is 0 Å². The van der Waals surface area contributed by atoms with Crippen LogP contribution in [0.4, 0.5) is 0 Å². The van der Waals surface area contributed by atoms with Gasteiger partial charge in [-0.25, -0.2) is 0 Å². The first-order valence-electron chi connectivity index (χ1n) is 6.47. The molecule has 0 aliphatic heterocycles. The van der Waals surface area contributed by atoms with Crippen LogP contribution in [0.25, 0.3) is 10.9 Å². The van der Waals surface area contributed by atoms with Crippen molar-refractivity contribution < 1.29 is 33.9 Å². The lowest BCUT2D eigenvalue weighted by molar-refractivity contribution is -0.870. The minimum Gasteiger partial charge on any atom is -0.756 e. The minimum atomic E-state index is -4.89. The molecule has 1 heterocycles. The van der Waals surface area contributed by atoms with Crippen molar-refractivity contribution >= 4 is 30.3 Å². The zero-order valence-electron chi connectivity index (χ0n) is 13.1. The molecule has 0 radical (unpaired) electrons. The number of likely N-dealkylation sites (N-methyl/N-ethyl adjacent to an activating group) is 1. The van der Waals surface area contributed by atoms with Gasteiger partial charge in [0.1, 0.15) is 12.3 Å². The van der Waals surface area contributed by atoms with Gasteiger partial charge in [-0.2, -0.15) is 0 Å². The Bertz CT molecular complexity index is 641. The number of aromatic hydroxyl groups is 1. The van der Waals surface area contributed by atoms with E-state index < -0.39 is 7.82 Å². The fourth-order valence-electron chi connectivity index (χ4n) is 1.38. The first-order chi connectivity index (χ1) is 10.3. The van der Waals surface area contributed by atoms with Crippen LogP contribution in [0.15, 0.2) is 24.4 Å². The molecule has 2 rings (SSSR count). The quantitative estimate of drug-likeness (QED) is 0.390. The number of aromatic amines is 1. The smallest absolute Gasteiger partial charge is 0.262 e. The highest BCUT2D eigenvalue weighted by molar-refractivity contribution is 7.43. The summed E-state index contributed by atoms with van der Waals surface area (Å²) in [5, 5.41) is 19.1. The van der Waals surface area contributed by atoms with E-state index >= 15 is 0 Å². The Morgan fingerprint density at radius 2 is 1.83 bits per heavy atom. The third-order valence-corrected chi connectivity index (χ3v) is 2.63. The molecule has 132 valence electrons. The summed E-state index contributed by atoms with van der Waals surface area (Å²) in [5.74, 6) is 0.261. The molecule has 0 saturated carbocycles. The molecule has 1 aromatic heterocycles. The van der Waals surface area contributed by atoms with Crippen LogP contribution in [0.5, 0.6) is 5.75 Å². The monoisotopic (exact) mass is 368 g/mol. The number of nitrogens with zero attached hydrogens (tertiary/aromatic N) is 1. The van der Waals surface area contributed by atoms with Gasteiger partial charge in [-0.3, -0.25) is 4.57 Å². The molecule has 2 aromatic rings. The maximum atomic E-state index is 9.23. The largest absolute Gasteiger partial charge is 0.756 e. The van der Waals surface area contributed by atoms with Crippen molar-refractivity contribution in [2.24, 2.45) is 0 Å². The van der Waals surface area contributed by atoms with Crippen LogP contribution in [0, 0.1) is 0 Å². The number of aliphatic hydroxyl groups excluding tert-OH is 1. The van der Waals surface area contributed by atoms with E-state index in [0.717, 1.165) is 21.9 Å². The number of nitrogens with one attached hydrogen (secondary N) is 1. The Hall–Kier alpha value is -1.12. The van der Waals surface area contributed by atoms with Crippen LogP contribution < -0.4 is 4.89 Å². The molecular formula is C13H22ClN2O6P. The lowest BCUT2D eigenvalue weighted by atomic mass is 10.2. The Balaban J connectivity index is 0.000000351. The fourth-order valence-corrected chi connectivity index (χ4v) is 1.56. The lowest BCUT2D eigenvalue weighted by Crippen LogP contribution is -2.36. The van der Waals surface area contributed by atoms with E-state index in [-0.39, 0.29) is 12.4 Å². The number of rotatable bonds is 2. The highest BCUT2D eigenvalue weighted by Gasteiger charge is 2.02. The molecule has 0 fully saturated rings. The third kappa shape index (κ3) is 12.0. The van der Waals surface area contributed by atoms with E-state index in [9.17, 15) is 5.11 Å². The van der Waals surface area contributed by atoms with E-state index in [1.165, 1.54) is 0 Å². The molecule has 5 N–H and O–H groups in total. The van der Waals surface area contributed by atoms with Crippen molar-refractivity contribution in [3.05, 3.63) is 29.4 Å². The molecular weight excluding hydrogens is 347 g/mol. The summed E-state index contributed by atoms with van der Waals surface area (Å²) in [6.07, 6.45) is 1.54. The van der Waals surface area contributed by atoms with Gasteiger partial charge in [-0.15, -0.1) is 0 Å². The molecule has 0 saturated heterocycles. The summed E-state index contributed by atoms with van der Waals surface area (Å²) < 4.78 is 9.61. The molecule has 8 nitrogen and oxygen atoms in total. The molecule has 0 aliphatic carbocycles. The highest BCUT2D eigenvalue weighted by Crippen LogP contribution is 2.25. The second-order valence-electron chi connectivity index (χ2n) is 5.59. The Labute approximate surface area is 139 Å². The second-order valence-corrected chi connectivity index (χ2v) is 7.01. The van der Waals surface area contributed by atoms with Gasteiger partial charge in [-0.1, -0.05) is 11.6 Å². The molecule has 0 spiro atoms. The number of aromatic nitrogens is 1. The Kier molecular flexibility index (Phi) is 8.79. The van der Waals surface area contributed by atoms with E-state index in [1.54, 1.807) is 24.4 Å². The van der Waals surface area contributed by atoms with Crippen LogP contribution in [0.1, 0.15) is 0 Å². The maximum absolute atomic E-state index is 9.23. The number of hydrogen-bond acceptors (Lipinski definition) is 4. The first-order valence-corrected chi connectivity index (χ1v) is 8.38. The topological polar surface area (TPSA) is 137 Å². The molecule has 1 aromatic carbocycles. The van der Waals surface area contributed by atoms with E-state index in [1.807, 2.05) is 0 Å². The zero-order valence-corrected chi connectivity index (χ0v) is 14.8. The molecule has 23 heavy (non-hydrogen) atoms. The van der Waals surface area contributed by atoms with Crippen LogP contribution in [0.2, 0.25) is 5.02 Å². The van der Waals surface area contributed by atoms with Crippen LogP contribution in [-0.2, 0) is 4.57 Å². The maximum Gasteiger partial charge on any atom is 0.262 e. The molecule has 0 atom stereocenters. The van der Waals surface area contributed by atoms with Crippen LogP contribution in [-0.4, -0.2) is 63.8 Å². The zero-order chi connectivity index (χ0) is 18.3. The van der Waals surface area contributed by atoms with E-state index in [4.69, 9.17) is 36.0 Å². The molecule has 0 amide bonds. The van der Waals surface area contributed by atoms with Crippen molar-refractivity contribution in [2.45, 2.75) is 0 Å². The summed E-state index contributed by atoms with van der Waals surface area (Å²) in [5.41, 5.74) is 0.856. The van der Waals surface area contributed by atoms with Crippen molar-refractivity contribution in [3.8, 4) is 5.75 Å². The molecule has 0 aliphatic rings. The summed E-state index contributed by atoms with van der Waals surface area (Å²) in [6.45, 7) is 1.11. The number of aliphatic hydroxyl groups is 1. The normalized spacial score (nSPS) is 11.3. The number of fused-ring (bicyclic) bond motifs is 1. The number of hydrogen-bond donors (Lipinski definition) is 5. The van der Waals surface area contributed by atoms with Gasteiger partial charge >= 0.3 is 0 Å². The number of benzene rings is 1. The van der Waals surface area contributed by atoms with Gasteiger partial charge in [-0.05, 0) is 18.2 Å². The fraction of sp³-hybridized carbons (Fsp3) is 0.385. The van der Waals surface area contributed by atoms with Crippen molar-refractivity contribution in [1.82, 2.24) is 4.98 Å². The summed E-state index contributed by atoms with van der Waals surface area (Å²) in [7, 11) is 1.27. The molecule has 0 unspecified atom stereocenters. The number of H-pyrrole nitrogens is 1. The first kappa shape index (κ1) is 21.9.